The fourth-order valence-corrected chi connectivity index (χ4v) is 3.53. The summed E-state index contributed by atoms with van der Waals surface area (Å²) < 4.78 is 19.6. The number of hydrogen-bond donors (Lipinski definition) is 1. The van der Waals surface area contributed by atoms with E-state index >= 15 is 0 Å². The van der Waals surface area contributed by atoms with E-state index in [1.807, 2.05) is 13.1 Å². The van der Waals surface area contributed by atoms with Crippen molar-refractivity contribution < 1.29 is 9.13 Å². The van der Waals surface area contributed by atoms with Gasteiger partial charge in [-0.3, -0.25) is 0 Å². The first kappa shape index (κ1) is 12.0. The second kappa shape index (κ2) is 4.23. The van der Waals surface area contributed by atoms with Crippen molar-refractivity contribution in [3.63, 3.8) is 0 Å². The SMILES string of the molecule is CNC1CC2(CCCC2C)Oc2cc(F)ccc21. The fraction of sp³-hybridized carbons (Fsp3) is 0.600. The van der Waals surface area contributed by atoms with Gasteiger partial charge in [0.1, 0.15) is 17.2 Å². The van der Waals surface area contributed by atoms with Gasteiger partial charge < -0.3 is 10.1 Å². The zero-order chi connectivity index (χ0) is 12.8. The molecule has 1 saturated carbocycles. The van der Waals surface area contributed by atoms with Crippen LogP contribution in [0, 0.1) is 11.7 Å². The van der Waals surface area contributed by atoms with E-state index in [1.54, 1.807) is 0 Å². The monoisotopic (exact) mass is 249 g/mol. The molecule has 1 aromatic carbocycles. The number of halogens is 1. The summed E-state index contributed by atoms with van der Waals surface area (Å²) in [5, 5.41) is 3.35. The quantitative estimate of drug-likeness (QED) is 0.823. The van der Waals surface area contributed by atoms with Crippen LogP contribution in [0.25, 0.3) is 0 Å². The van der Waals surface area contributed by atoms with Gasteiger partial charge in [0.05, 0.1) is 0 Å². The molecule has 1 heterocycles. The van der Waals surface area contributed by atoms with Gasteiger partial charge in [-0.05, 0) is 38.3 Å². The molecule has 1 spiro atoms. The number of ether oxygens (including phenoxy) is 1. The van der Waals surface area contributed by atoms with E-state index in [0.717, 1.165) is 24.2 Å². The molecular formula is C15H20FNO. The Morgan fingerprint density at radius 3 is 2.94 bits per heavy atom. The van der Waals surface area contributed by atoms with Crippen LogP contribution in [0.4, 0.5) is 4.39 Å². The van der Waals surface area contributed by atoms with Crippen molar-refractivity contribution in [2.45, 2.75) is 44.2 Å². The molecule has 1 aliphatic heterocycles. The predicted molar refractivity (Wildman–Crippen MR) is 69.2 cm³/mol. The molecule has 0 radical (unpaired) electrons. The highest BCUT2D eigenvalue weighted by molar-refractivity contribution is 5.40. The minimum absolute atomic E-state index is 0.0888. The van der Waals surface area contributed by atoms with Crippen molar-refractivity contribution in [3.05, 3.63) is 29.6 Å². The highest BCUT2D eigenvalue weighted by Gasteiger charge is 2.47. The average Bonchev–Trinajstić information content (AvgIpc) is 2.69. The van der Waals surface area contributed by atoms with Gasteiger partial charge in [-0.15, -0.1) is 0 Å². The van der Waals surface area contributed by atoms with E-state index < -0.39 is 0 Å². The Bertz CT molecular complexity index is 462. The molecular weight excluding hydrogens is 229 g/mol. The fourth-order valence-electron chi connectivity index (χ4n) is 3.53. The van der Waals surface area contributed by atoms with E-state index in [1.165, 1.54) is 25.0 Å². The maximum Gasteiger partial charge on any atom is 0.127 e. The van der Waals surface area contributed by atoms with Crippen LogP contribution in [-0.2, 0) is 0 Å². The van der Waals surface area contributed by atoms with Crippen molar-refractivity contribution in [1.29, 1.82) is 0 Å². The van der Waals surface area contributed by atoms with Crippen molar-refractivity contribution in [2.75, 3.05) is 7.05 Å². The van der Waals surface area contributed by atoms with Gasteiger partial charge in [-0.2, -0.15) is 0 Å². The van der Waals surface area contributed by atoms with E-state index in [2.05, 4.69) is 12.2 Å². The summed E-state index contributed by atoms with van der Waals surface area (Å²) in [4.78, 5) is 0. The first-order valence-corrected chi connectivity index (χ1v) is 6.80. The third-order valence-electron chi connectivity index (χ3n) is 4.70. The zero-order valence-electron chi connectivity index (χ0n) is 11.0. The molecule has 3 rings (SSSR count). The summed E-state index contributed by atoms with van der Waals surface area (Å²) in [6.07, 6.45) is 4.49. The van der Waals surface area contributed by atoms with Gasteiger partial charge in [0.15, 0.2) is 0 Å². The average molecular weight is 249 g/mol. The Labute approximate surface area is 108 Å². The molecule has 3 atom stereocenters. The van der Waals surface area contributed by atoms with Gasteiger partial charge in [-0.1, -0.05) is 13.0 Å². The zero-order valence-corrected chi connectivity index (χ0v) is 11.0. The highest BCUT2D eigenvalue weighted by Crippen LogP contribution is 2.49. The summed E-state index contributed by atoms with van der Waals surface area (Å²) in [6, 6.07) is 5.17. The molecule has 2 nitrogen and oxygen atoms in total. The second-order valence-electron chi connectivity index (χ2n) is 5.69. The lowest BCUT2D eigenvalue weighted by Crippen LogP contribution is -2.45. The smallest absolute Gasteiger partial charge is 0.127 e. The van der Waals surface area contributed by atoms with Crippen LogP contribution in [0.15, 0.2) is 18.2 Å². The lowest BCUT2D eigenvalue weighted by Gasteiger charge is -2.42. The molecule has 1 aliphatic carbocycles. The van der Waals surface area contributed by atoms with Gasteiger partial charge in [-0.25, -0.2) is 4.39 Å². The van der Waals surface area contributed by atoms with E-state index in [9.17, 15) is 4.39 Å². The van der Waals surface area contributed by atoms with Crippen LogP contribution in [0.5, 0.6) is 5.75 Å². The Hall–Kier alpha value is -1.09. The number of rotatable bonds is 1. The Balaban J connectivity index is 2.02. The molecule has 3 heteroatoms. The van der Waals surface area contributed by atoms with Crippen LogP contribution in [-0.4, -0.2) is 12.6 Å². The maximum atomic E-state index is 13.4. The molecule has 18 heavy (non-hydrogen) atoms. The molecule has 1 aromatic rings. The minimum Gasteiger partial charge on any atom is -0.486 e. The summed E-state index contributed by atoms with van der Waals surface area (Å²) >= 11 is 0. The maximum absolute atomic E-state index is 13.4. The van der Waals surface area contributed by atoms with Crippen LogP contribution in [0.2, 0.25) is 0 Å². The Kier molecular flexibility index (Phi) is 2.81. The first-order chi connectivity index (χ1) is 8.64. The van der Waals surface area contributed by atoms with Crippen molar-refractivity contribution in [3.8, 4) is 5.75 Å². The standard InChI is InChI=1S/C15H20FNO/c1-10-4-3-7-15(10)9-13(17-2)12-6-5-11(16)8-14(12)18-15/h5-6,8,10,13,17H,3-4,7,9H2,1-2H3. The third kappa shape index (κ3) is 1.72. The lowest BCUT2D eigenvalue weighted by molar-refractivity contribution is 0.00247. The summed E-state index contributed by atoms with van der Waals surface area (Å²) in [5.41, 5.74) is 0.998. The minimum atomic E-state index is -0.216. The second-order valence-corrected chi connectivity index (χ2v) is 5.69. The molecule has 2 aliphatic rings. The summed E-state index contributed by atoms with van der Waals surface area (Å²) in [6.45, 7) is 2.25. The number of benzene rings is 1. The van der Waals surface area contributed by atoms with Gasteiger partial charge >= 0.3 is 0 Å². The molecule has 0 bridgehead atoms. The Morgan fingerprint density at radius 1 is 1.44 bits per heavy atom. The number of hydrogen-bond acceptors (Lipinski definition) is 2. The normalized spacial score (nSPS) is 34.4. The van der Waals surface area contributed by atoms with Crippen LogP contribution >= 0.6 is 0 Å². The third-order valence-corrected chi connectivity index (χ3v) is 4.70. The molecule has 0 amide bonds. The predicted octanol–water partition coefficient (Wildman–Crippen LogP) is 3.43. The van der Waals surface area contributed by atoms with E-state index in [0.29, 0.717) is 5.92 Å². The van der Waals surface area contributed by atoms with Crippen molar-refractivity contribution in [2.24, 2.45) is 5.92 Å². The number of fused-ring (bicyclic) bond motifs is 1. The van der Waals surface area contributed by atoms with Gasteiger partial charge in [0.25, 0.3) is 0 Å². The molecule has 1 N–H and O–H groups in total. The van der Waals surface area contributed by atoms with E-state index in [4.69, 9.17) is 4.74 Å². The summed E-state index contributed by atoms with van der Waals surface area (Å²) in [5.74, 6) is 1.06. The molecule has 98 valence electrons. The molecule has 1 fully saturated rings. The Morgan fingerprint density at radius 2 is 2.28 bits per heavy atom. The van der Waals surface area contributed by atoms with Crippen LogP contribution < -0.4 is 10.1 Å². The molecule has 0 saturated heterocycles. The summed E-state index contributed by atoms with van der Waals surface area (Å²) in [7, 11) is 1.97. The highest BCUT2D eigenvalue weighted by atomic mass is 19.1. The van der Waals surface area contributed by atoms with Crippen LogP contribution in [0.1, 0.15) is 44.2 Å². The largest absolute Gasteiger partial charge is 0.486 e. The van der Waals surface area contributed by atoms with E-state index in [-0.39, 0.29) is 17.5 Å². The molecule has 0 aromatic heterocycles. The van der Waals surface area contributed by atoms with Gasteiger partial charge in [0, 0.05) is 24.1 Å². The van der Waals surface area contributed by atoms with Crippen molar-refractivity contribution in [1.82, 2.24) is 5.32 Å². The first-order valence-electron chi connectivity index (χ1n) is 6.80. The van der Waals surface area contributed by atoms with Gasteiger partial charge in [0.2, 0.25) is 0 Å². The van der Waals surface area contributed by atoms with Crippen molar-refractivity contribution >= 4 is 0 Å². The van der Waals surface area contributed by atoms with Crippen LogP contribution in [0.3, 0.4) is 0 Å². The topological polar surface area (TPSA) is 21.3 Å². The lowest BCUT2D eigenvalue weighted by atomic mass is 9.81. The molecule has 3 unspecified atom stereocenters. The number of nitrogens with one attached hydrogen (secondary N) is 1.